The first-order valence-corrected chi connectivity index (χ1v) is 7.13. The molecule has 0 bridgehead atoms. The molecule has 0 saturated heterocycles. The summed E-state index contributed by atoms with van der Waals surface area (Å²) in [5.41, 5.74) is 0. The summed E-state index contributed by atoms with van der Waals surface area (Å²) in [6, 6.07) is 0.885. The fourth-order valence-corrected chi connectivity index (χ4v) is 4.00. The maximum Gasteiger partial charge on any atom is 0.0103 e. The normalized spacial score (nSPS) is 41.0. The van der Waals surface area contributed by atoms with Crippen LogP contribution in [0.4, 0.5) is 0 Å². The first-order chi connectivity index (χ1) is 7.40. The summed E-state index contributed by atoms with van der Waals surface area (Å²) in [5.74, 6) is 4.42. The van der Waals surface area contributed by atoms with Crippen LogP contribution in [0.3, 0.4) is 0 Å². The molecule has 1 N–H and O–H groups in total. The fraction of sp³-hybridized carbons (Fsp3) is 1.00. The van der Waals surface area contributed by atoms with E-state index in [0.717, 1.165) is 29.7 Å². The molecular formula is C14H25N. The molecule has 1 heteroatoms. The fourth-order valence-electron chi connectivity index (χ4n) is 4.00. The molecule has 3 unspecified atom stereocenters. The lowest BCUT2D eigenvalue weighted by Crippen LogP contribution is -2.32. The maximum atomic E-state index is 3.77. The minimum atomic E-state index is 0.885. The Morgan fingerprint density at radius 2 is 1.73 bits per heavy atom. The quantitative estimate of drug-likeness (QED) is 0.730. The molecule has 0 aromatic rings. The summed E-state index contributed by atoms with van der Waals surface area (Å²) < 4.78 is 0. The maximum absolute atomic E-state index is 3.77. The Balaban J connectivity index is 1.57. The number of hydrogen-bond acceptors (Lipinski definition) is 1. The molecule has 1 nitrogen and oxygen atoms in total. The summed E-state index contributed by atoms with van der Waals surface area (Å²) in [7, 11) is 0. The van der Waals surface area contributed by atoms with Crippen molar-refractivity contribution in [2.24, 2.45) is 23.7 Å². The molecule has 3 aliphatic rings. The average molecular weight is 207 g/mol. The molecule has 3 rings (SSSR count). The van der Waals surface area contributed by atoms with Crippen LogP contribution in [-0.4, -0.2) is 12.6 Å². The van der Waals surface area contributed by atoms with Gasteiger partial charge in [0.05, 0.1) is 0 Å². The van der Waals surface area contributed by atoms with Crippen LogP contribution in [0.1, 0.15) is 51.9 Å². The molecule has 0 spiro atoms. The van der Waals surface area contributed by atoms with Crippen LogP contribution < -0.4 is 5.32 Å². The zero-order chi connectivity index (χ0) is 10.3. The van der Waals surface area contributed by atoms with Crippen molar-refractivity contribution in [1.29, 1.82) is 0 Å². The van der Waals surface area contributed by atoms with Crippen LogP contribution in [-0.2, 0) is 0 Å². The zero-order valence-electron chi connectivity index (χ0n) is 10.0. The lowest BCUT2D eigenvalue weighted by Gasteiger charge is -2.18. The minimum absolute atomic E-state index is 0.885. The van der Waals surface area contributed by atoms with E-state index in [4.69, 9.17) is 0 Å². The monoisotopic (exact) mass is 207 g/mol. The molecule has 3 saturated carbocycles. The van der Waals surface area contributed by atoms with Gasteiger partial charge in [-0.15, -0.1) is 0 Å². The van der Waals surface area contributed by atoms with Crippen molar-refractivity contribution in [2.45, 2.75) is 57.9 Å². The summed E-state index contributed by atoms with van der Waals surface area (Å²) in [6.45, 7) is 3.44. The van der Waals surface area contributed by atoms with Crippen molar-refractivity contribution >= 4 is 0 Å². The lowest BCUT2D eigenvalue weighted by molar-refractivity contribution is 0.397. The third kappa shape index (κ3) is 2.08. The van der Waals surface area contributed by atoms with Crippen LogP contribution >= 0.6 is 0 Å². The van der Waals surface area contributed by atoms with Crippen molar-refractivity contribution in [1.82, 2.24) is 5.32 Å². The topological polar surface area (TPSA) is 12.0 Å². The standard InChI is InChI=1S/C14H25N/c1-2-15-13(9-10-7-8-10)14-11-5-3-4-6-12(11)14/h10-15H,2-9H2,1H3. The molecule has 86 valence electrons. The van der Waals surface area contributed by atoms with Crippen molar-refractivity contribution in [3.63, 3.8) is 0 Å². The molecular weight excluding hydrogens is 182 g/mol. The van der Waals surface area contributed by atoms with Crippen molar-refractivity contribution < 1.29 is 0 Å². The van der Waals surface area contributed by atoms with E-state index in [1.54, 1.807) is 12.8 Å². The lowest BCUT2D eigenvalue weighted by atomic mass is 10.0. The molecule has 0 aromatic heterocycles. The zero-order valence-corrected chi connectivity index (χ0v) is 10.0. The third-order valence-corrected chi connectivity index (χ3v) is 4.94. The molecule has 3 atom stereocenters. The van der Waals surface area contributed by atoms with Crippen LogP contribution in [0.2, 0.25) is 0 Å². The smallest absolute Gasteiger partial charge is 0.0103 e. The van der Waals surface area contributed by atoms with Gasteiger partial charge in [-0.3, -0.25) is 0 Å². The van der Waals surface area contributed by atoms with Gasteiger partial charge in [-0.05, 0) is 49.5 Å². The predicted molar refractivity (Wildman–Crippen MR) is 63.7 cm³/mol. The van der Waals surface area contributed by atoms with E-state index >= 15 is 0 Å². The van der Waals surface area contributed by atoms with Crippen LogP contribution in [0.15, 0.2) is 0 Å². The van der Waals surface area contributed by atoms with E-state index in [2.05, 4.69) is 12.2 Å². The minimum Gasteiger partial charge on any atom is -0.314 e. The van der Waals surface area contributed by atoms with Crippen LogP contribution in [0, 0.1) is 23.7 Å². The Morgan fingerprint density at radius 3 is 2.27 bits per heavy atom. The van der Waals surface area contributed by atoms with E-state index in [-0.39, 0.29) is 0 Å². The third-order valence-electron chi connectivity index (χ3n) is 4.94. The molecule has 0 aliphatic heterocycles. The highest BCUT2D eigenvalue weighted by Gasteiger charge is 2.54. The van der Waals surface area contributed by atoms with Gasteiger partial charge in [-0.2, -0.15) is 0 Å². The first kappa shape index (κ1) is 10.1. The SMILES string of the molecule is CCNC(CC1CC1)C1C2CCCCC21. The van der Waals surface area contributed by atoms with Gasteiger partial charge >= 0.3 is 0 Å². The second-order valence-corrected chi connectivity index (χ2v) is 6.03. The number of hydrogen-bond donors (Lipinski definition) is 1. The highest BCUT2D eigenvalue weighted by Crippen LogP contribution is 2.58. The van der Waals surface area contributed by atoms with E-state index in [0.29, 0.717) is 0 Å². The molecule has 0 amide bonds. The van der Waals surface area contributed by atoms with E-state index in [1.165, 1.54) is 38.6 Å². The predicted octanol–water partition coefficient (Wildman–Crippen LogP) is 3.20. The molecule has 0 aromatic carbocycles. The summed E-state index contributed by atoms with van der Waals surface area (Å²) in [5, 5.41) is 3.77. The van der Waals surface area contributed by atoms with Gasteiger partial charge in [-0.1, -0.05) is 32.6 Å². The van der Waals surface area contributed by atoms with E-state index in [1.807, 2.05) is 0 Å². The second kappa shape index (κ2) is 4.08. The Morgan fingerprint density at radius 1 is 1.07 bits per heavy atom. The Bertz CT molecular complexity index is 209. The molecule has 3 aliphatic carbocycles. The van der Waals surface area contributed by atoms with Crippen molar-refractivity contribution in [3.05, 3.63) is 0 Å². The molecule has 3 fully saturated rings. The van der Waals surface area contributed by atoms with E-state index in [9.17, 15) is 0 Å². The van der Waals surface area contributed by atoms with E-state index < -0.39 is 0 Å². The Kier molecular flexibility index (Phi) is 2.76. The van der Waals surface area contributed by atoms with Crippen molar-refractivity contribution in [2.75, 3.05) is 6.54 Å². The largest absolute Gasteiger partial charge is 0.314 e. The second-order valence-electron chi connectivity index (χ2n) is 6.03. The summed E-state index contributed by atoms with van der Waals surface area (Å²) >= 11 is 0. The first-order valence-electron chi connectivity index (χ1n) is 7.13. The number of rotatable bonds is 5. The van der Waals surface area contributed by atoms with Gasteiger partial charge in [-0.25, -0.2) is 0 Å². The van der Waals surface area contributed by atoms with Crippen LogP contribution in [0.5, 0.6) is 0 Å². The average Bonchev–Trinajstić information content (AvgIpc) is 3.11. The van der Waals surface area contributed by atoms with Gasteiger partial charge in [0.25, 0.3) is 0 Å². The Labute approximate surface area is 94.0 Å². The van der Waals surface area contributed by atoms with Gasteiger partial charge in [0.2, 0.25) is 0 Å². The van der Waals surface area contributed by atoms with Crippen LogP contribution in [0.25, 0.3) is 0 Å². The van der Waals surface area contributed by atoms with Gasteiger partial charge < -0.3 is 5.32 Å². The van der Waals surface area contributed by atoms with Gasteiger partial charge in [0, 0.05) is 6.04 Å². The van der Waals surface area contributed by atoms with Crippen molar-refractivity contribution in [3.8, 4) is 0 Å². The Hall–Kier alpha value is -0.0400. The summed E-state index contributed by atoms with van der Waals surface area (Å²) in [6.07, 6.45) is 10.6. The van der Waals surface area contributed by atoms with Gasteiger partial charge in [0.15, 0.2) is 0 Å². The molecule has 15 heavy (non-hydrogen) atoms. The highest BCUT2D eigenvalue weighted by atomic mass is 14.9. The van der Waals surface area contributed by atoms with Gasteiger partial charge in [0.1, 0.15) is 0 Å². The highest BCUT2D eigenvalue weighted by molar-refractivity contribution is 5.05. The molecule has 0 radical (unpaired) electrons. The number of nitrogens with one attached hydrogen (secondary N) is 1. The number of fused-ring (bicyclic) bond motifs is 1. The summed E-state index contributed by atoms with van der Waals surface area (Å²) in [4.78, 5) is 0. The molecule has 0 heterocycles.